The molecular formula is C15H16BrN3O. The van der Waals surface area contributed by atoms with Crippen LogP contribution in [0.2, 0.25) is 0 Å². The van der Waals surface area contributed by atoms with E-state index in [-0.39, 0.29) is 11.8 Å². The number of aromatic nitrogens is 2. The van der Waals surface area contributed by atoms with Crippen molar-refractivity contribution in [1.29, 1.82) is 0 Å². The van der Waals surface area contributed by atoms with Crippen molar-refractivity contribution in [3.8, 4) is 0 Å². The van der Waals surface area contributed by atoms with Gasteiger partial charge in [-0.15, -0.1) is 0 Å². The van der Waals surface area contributed by atoms with Crippen molar-refractivity contribution in [2.24, 2.45) is 5.92 Å². The maximum atomic E-state index is 12.4. The monoisotopic (exact) mass is 333 g/mol. The average Bonchev–Trinajstić information content (AvgIpc) is 2.89. The van der Waals surface area contributed by atoms with Gasteiger partial charge in [0.25, 0.3) is 0 Å². The molecule has 1 unspecified atom stereocenters. The molecule has 104 valence electrons. The zero-order valence-corrected chi connectivity index (χ0v) is 12.9. The van der Waals surface area contributed by atoms with E-state index in [2.05, 4.69) is 30.8 Å². The predicted octanol–water partition coefficient (Wildman–Crippen LogP) is 3.16. The quantitative estimate of drug-likeness (QED) is 0.917. The maximum absolute atomic E-state index is 12.4. The van der Waals surface area contributed by atoms with Crippen molar-refractivity contribution in [3.63, 3.8) is 0 Å². The molecular weight excluding hydrogens is 318 g/mol. The molecule has 2 heterocycles. The molecule has 0 aliphatic carbocycles. The summed E-state index contributed by atoms with van der Waals surface area (Å²) in [5.41, 5.74) is 1.99. The number of aryl methyl sites for hydroxylation is 2. The molecule has 0 saturated heterocycles. The van der Waals surface area contributed by atoms with Gasteiger partial charge in [-0.25, -0.2) is 4.98 Å². The number of carbonyl (C=O) groups excluding carboxylic acids is 1. The first kappa shape index (κ1) is 13.4. The molecule has 2 aromatic rings. The summed E-state index contributed by atoms with van der Waals surface area (Å²) >= 11 is 3.49. The highest BCUT2D eigenvalue weighted by atomic mass is 79.9. The van der Waals surface area contributed by atoms with E-state index in [0.717, 1.165) is 34.5 Å². The van der Waals surface area contributed by atoms with Crippen LogP contribution < -0.4 is 5.32 Å². The average molecular weight is 334 g/mol. The molecule has 0 spiro atoms. The second-order valence-corrected chi connectivity index (χ2v) is 6.05. The number of amides is 1. The smallest absolute Gasteiger partial charge is 0.228 e. The first-order chi connectivity index (χ1) is 9.63. The largest absolute Gasteiger partial charge is 0.335 e. The first-order valence-electron chi connectivity index (χ1n) is 6.70. The van der Waals surface area contributed by atoms with Gasteiger partial charge in [0.1, 0.15) is 5.82 Å². The summed E-state index contributed by atoms with van der Waals surface area (Å²) in [4.78, 5) is 16.7. The number of imidazole rings is 1. The maximum Gasteiger partial charge on any atom is 0.228 e. The summed E-state index contributed by atoms with van der Waals surface area (Å²) in [5, 5.41) is 3.01. The van der Waals surface area contributed by atoms with Gasteiger partial charge in [0, 0.05) is 35.7 Å². The number of hydrogen-bond acceptors (Lipinski definition) is 2. The van der Waals surface area contributed by atoms with Crippen LogP contribution in [0, 0.1) is 12.8 Å². The highest BCUT2D eigenvalue weighted by Gasteiger charge is 2.25. The zero-order chi connectivity index (χ0) is 14.1. The molecule has 0 bridgehead atoms. The molecule has 4 nitrogen and oxygen atoms in total. The van der Waals surface area contributed by atoms with Gasteiger partial charge in [-0.3, -0.25) is 4.79 Å². The van der Waals surface area contributed by atoms with Gasteiger partial charge in [-0.05, 0) is 47.0 Å². The summed E-state index contributed by atoms with van der Waals surface area (Å²) in [6.07, 6.45) is 5.34. The van der Waals surface area contributed by atoms with E-state index in [1.807, 2.05) is 31.3 Å². The number of benzene rings is 1. The van der Waals surface area contributed by atoms with Crippen molar-refractivity contribution < 1.29 is 4.79 Å². The first-order valence-corrected chi connectivity index (χ1v) is 7.50. The van der Waals surface area contributed by atoms with Gasteiger partial charge in [-0.2, -0.15) is 0 Å². The van der Waals surface area contributed by atoms with Crippen molar-refractivity contribution in [3.05, 3.63) is 46.5 Å². The standard InChI is InChI=1S/C15H16BrN3O/c1-10-2-3-13(12(16)8-10)18-15(20)11-4-6-19-7-5-17-14(19)9-11/h2-3,5,7-8,11H,4,6,9H2,1H3,(H,18,20). The van der Waals surface area contributed by atoms with Gasteiger partial charge in [0.15, 0.2) is 0 Å². The number of anilines is 1. The minimum Gasteiger partial charge on any atom is -0.335 e. The van der Waals surface area contributed by atoms with Crippen LogP contribution >= 0.6 is 15.9 Å². The van der Waals surface area contributed by atoms with E-state index in [1.165, 1.54) is 0 Å². The second-order valence-electron chi connectivity index (χ2n) is 5.20. The molecule has 0 saturated carbocycles. The Morgan fingerprint density at radius 1 is 1.50 bits per heavy atom. The highest BCUT2D eigenvalue weighted by Crippen LogP contribution is 2.26. The Kier molecular flexibility index (Phi) is 3.61. The third kappa shape index (κ3) is 2.63. The van der Waals surface area contributed by atoms with Crippen LogP contribution in [0.25, 0.3) is 0 Å². The predicted molar refractivity (Wildman–Crippen MR) is 81.5 cm³/mol. The Morgan fingerprint density at radius 3 is 3.15 bits per heavy atom. The SMILES string of the molecule is Cc1ccc(NC(=O)C2CCn3ccnc3C2)c(Br)c1. The van der Waals surface area contributed by atoms with E-state index in [1.54, 1.807) is 6.20 Å². The van der Waals surface area contributed by atoms with Gasteiger partial charge in [0.2, 0.25) is 5.91 Å². The lowest BCUT2D eigenvalue weighted by Crippen LogP contribution is -2.30. The molecule has 1 aliphatic heterocycles. The molecule has 1 aromatic heterocycles. The van der Waals surface area contributed by atoms with Crippen molar-refractivity contribution in [2.75, 3.05) is 5.32 Å². The molecule has 1 aromatic carbocycles. The third-order valence-corrected chi connectivity index (χ3v) is 4.36. The Labute approximate surface area is 126 Å². The number of fused-ring (bicyclic) bond motifs is 1. The second kappa shape index (κ2) is 5.40. The van der Waals surface area contributed by atoms with Crippen molar-refractivity contribution in [1.82, 2.24) is 9.55 Å². The number of halogens is 1. The molecule has 1 amide bonds. The summed E-state index contributed by atoms with van der Waals surface area (Å²) in [6.45, 7) is 2.89. The van der Waals surface area contributed by atoms with Gasteiger partial charge in [0.05, 0.1) is 5.69 Å². The fourth-order valence-electron chi connectivity index (χ4n) is 2.53. The number of hydrogen-bond donors (Lipinski definition) is 1. The molecule has 0 fully saturated rings. The number of nitrogens with one attached hydrogen (secondary N) is 1. The highest BCUT2D eigenvalue weighted by molar-refractivity contribution is 9.10. The Bertz CT molecular complexity index is 650. The molecule has 1 aliphatic rings. The van der Waals surface area contributed by atoms with E-state index in [0.29, 0.717) is 6.42 Å². The Balaban J connectivity index is 1.71. The van der Waals surface area contributed by atoms with Gasteiger partial charge >= 0.3 is 0 Å². The topological polar surface area (TPSA) is 46.9 Å². The van der Waals surface area contributed by atoms with Crippen molar-refractivity contribution in [2.45, 2.75) is 26.3 Å². The fourth-order valence-corrected chi connectivity index (χ4v) is 3.12. The lowest BCUT2D eigenvalue weighted by Gasteiger charge is -2.22. The van der Waals surface area contributed by atoms with E-state index in [4.69, 9.17) is 0 Å². The van der Waals surface area contributed by atoms with Crippen LogP contribution in [0.4, 0.5) is 5.69 Å². The van der Waals surface area contributed by atoms with E-state index < -0.39 is 0 Å². The van der Waals surface area contributed by atoms with E-state index in [9.17, 15) is 4.79 Å². The molecule has 20 heavy (non-hydrogen) atoms. The number of nitrogens with zero attached hydrogens (tertiary/aromatic N) is 2. The molecule has 5 heteroatoms. The van der Waals surface area contributed by atoms with Crippen LogP contribution in [0.15, 0.2) is 35.1 Å². The van der Waals surface area contributed by atoms with Crippen molar-refractivity contribution >= 4 is 27.5 Å². The summed E-state index contributed by atoms with van der Waals surface area (Å²) in [6, 6.07) is 5.93. The molecule has 0 radical (unpaired) electrons. The van der Waals surface area contributed by atoms with Crippen LogP contribution in [0.5, 0.6) is 0 Å². The van der Waals surface area contributed by atoms with Crippen LogP contribution in [-0.2, 0) is 17.8 Å². The normalized spacial score (nSPS) is 17.6. The molecule has 1 atom stereocenters. The number of rotatable bonds is 2. The number of carbonyl (C=O) groups is 1. The molecule has 1 N–H and O–H groups in total. The molecule has 3 rings (SSSR count). The van der Waals surface area contributed by atoms with Gasteiger partial charge in [-0.1, -0.05) is 6.07 Å². The zero-order valence-electron chi connectivity index (χ0n) is 11.3. The summed E-state index contributed by atoms with van der Waals surface area (Å²) < 4.78 is 3.04. The van der Waals surface area contributed by atoms with E-state index >= 15 is 0 Å². The lowest BCUT2D eigenvalue weighted by atomic mass is 9.97. The van der Waals surface area contributed by atoms with Gasteiger partial charge < -0.3 is 9.88 Å². The fraction of sp³-hybridized carbons (Fsp3) is 0.333. The minimum absolute atomic E-state index is 0.00176. The third-order valence-electron chi connectivity index (χ3n) is 3.70. The van der Waals surface area contributed by atoms with Crippen LogP contribution in [0.3, 0.4) is 0 Å². The Hall–Kier alpha value is -1.62. The minimum atomic E-state index is -0.00176. The van der Waals surface area contributed by atoms with Crippen LogP contribution in [0.1, 0.15) is 17.8 Å². The van der Waals surface area contributed by atoms with Crippen LogP contribution in [-0.4, -0.2) is 15.5 Å². The summed E-state index contributed by atoms with van der Waals surface area (Å²) in [7, 11) is 0. The lowest BCUT2D eigenvalue weighted by molar-refractivity contribution is -0.120. The summed E-state index contributed by atoms with van der Waals surface area (Å²) in [5.74, 6) is 1.07. The Morgan fingerprint density at radius 2 is 2.35 bits per heavy atom.